The number of methoxy groups -OCH3 is 3. The Hall–Kier alpha value is -2.27. The van der Waals surface area contributed by atoms with Gasteiger partial charge in [0.2, 0.25) is 5.75 Å². The van der Waals surface area contributed by atoms with E-state index in [0.29, 0.717) is 22.8 Å². The molecule has 2 aromatic rings. The minimum atomic E-state index is -1.17. The van der Waals surface area contributed by atoms with Gasteiger partial charge in [-0.2, -0.15) is 0 Å². The summed E-state index contributed by atoms with van der Waals surface area (Å²) < 4.78 is 29.6. The zero-order valence-electron chi connectivity index (χ0n) is 12.1. The van der Waals surface area contributed by atoms with Crippen LogP contribution in [0.15, 0.2) is 36.4 Å². The van der Waals surface area contributed by atoms with Crippen LogP contribution in [0.3, 0.4) is 0 Å². The summed E-state index contributed by atoms with van der Waals surface area (Å²) in [7, 11) is 4.43. The first-order valence-corrected chi connectivity index (χ1v) is 6.35. The van der Waals surface area contributed by atoms with Gasteiger partial charge in [0.15, 0.2) is 11.5 Å². The van der Waals surface area contributed by atoms with Crippen molar-refractivity contribution in [2.45, 2.75) is 6.10 Å². The molecule has 112 valence electrons. The molecular formula is C16H17FO4. The SMILES string of the molecule is COc1ccc(C(O)c2ccccc2F)c(OC)c1OC. The van der Waals surface area contributed by atoms with E-state index in [1.54, 1.807) is 24.3 Å². The second-order valence-corrected chi connectivity index (χ2v) is 4.35. The van der Waals surface area contributed by atoms with E-state index in [-0.39, 0.29) is 5.56 Å². The van der Waals surface area contributed by atoms with E-state index in [0.717, 1.165) is 0 Å². The van der Waals surface area contributed by atoms with Gasteiger partial charge >= 0.3 is 0 Å². The van der Waals surface area contributed by atoms with Crippen molar-refractivity contribution >= 4 is 0 Å². The minimum absolute atomic E-state index is 0.169. The van der Waals surface area contributed by atoms with Crippen LogP contribution < -0.4 is 14.2 Å². The van der Waals surface area contributed by atoms with Crippen LogP contribution in [-0.4, -0.2) is 26.4 Å². The van der Waals surface area contributed by atoms with Gasteiger partial charge in [-0.25, -0.2) is 4.39 Å². The predicted molar refractivity (Wildman–Crippen MR) is 76.6 cm³/mol. The van der Waals surface area contributed by atoms with Gasteiger partial charge < -0.3 is 19.3 Å². The molecule has 0 aliphatic rings. The molecule has 0 radical (unpaired) electrons. The summed E-state index contributed by atoms with van der Waals surface area (Å²) in [6.07, 6.45) is -1.17. The maximum atomic E-state index is 13.8. The van der Waals surface area contributed by atoms with Crippen molar-refractivity contribution in [2.24, 2.45) is 0 Å². The molecule has 21 heavy (non-hydrogen) atoms. The Balaban J connectivity index is 2.56. The van der Waals surface area contributed by atoms with Gasteiger partial charge in [-0.05, 0) is 18.2 Å². The van der Waals surface area contributed by atoms with E-state index < -0.39 is 11.9 Å². The molecule has 2 rings (SSSR count). The minimum Gasteiger partial charge on any atom is -0.493 e. The molecule has 0 aromatic heterocycles. The van der Waals surface area contributed by atoms with E-state index in [4.69, 9.17) is 14.2 Å². The molecule has 1 atom stereocenters. The molecule has 0 fully saturated rings. The molecular weight excluding hydrogens is 275 g/mol. The number of rotatable bonds is 5. The van der Waals surface area contributed by atoms with Crippen molar-refractivity contribution in [1.29, 1.82) is 0 Å². The highest BCUT2D eigenvalue weighted by Gasteiger charge is 2.23. The van der Waals surface area contributed by atoms with Gasteiger partial charge in [-0.1, -0.05) is 18.2 Å². The highest BCUT2D eigenvalue weighted by atomic mass is 19.1. The van der Waals surface area contributed by atoms with Crippen LogP contribution in [0.25, 0.3) is 0 Å². The van der Waals surface area contributed by atoms with E-state index in [1.165, 1.54) is 33.5 Å². The van der Waals surface area contributed by atoms with Crippen molar-refractivity contribution < 1.29 is 23.7 Å². The topological polar surface area (TPSA) is 47.9 Å². The molecule has 0 aliphatic carbocycles. The lowest BCUT2D eigenvalue weighted by Gasteiger charge is -2.19. The highest BCUT2D eigenvalue weighted by molar-refractivity contribution is 5.57. The summed E-state index contributed by atoms with van der Waals surface area (Å²) in [6, 6.07) is 9.31. The Bertz CT molecular complexity index is 628. The zero-order valence-corrected chi connectivity index (χ0v) is 12.1. The monoisotopic (exact) mass is 292 g/mol. The van der Waals surface area contributed by atoms with Gasteiger partial charge in [-0.3, -0.25) is 0 Å². The fourth-order valence-electron chi connectivity index (χ4n) is 2.20. The summed E-state index contributed by atoms with van der Waals surface area (Å²) in [6.45, 7) is 0. The molecule has 0 amide bonds. The van der Waals surface area contributed by atoms with Crippen LogP contribution in [0.2, 0.25) is 0 Å². The van der Waals surface area contributed by atoms with Crippen molar-refractivity contribution in [1.82, 2.24) is 0 Å². The number of ether oxygens (including phenoxy) is 3. The second kappa shape index (κ2) is 6.45. The van der Waals surface area contributed by atoms with Crippen LogP contribution in [0, 0.1) is 5.82 Å². The fourth-order valence-corrected chi connectivity index (χ4v) is 2.20. The third-order valence-corrected chi connectivity index (χ3v) is 3.23. The van der Waals surface area contributed by atoms with Gasteiger partial charge in [0.05, 0.1) is 21.3 Å². The van der Waals surface area contributed by atoms with Crippen LogP contribution in [0.1, 0.15) is 17.2 Å². The quantitative estimate of drug-likeness (QED) is 0.920. The molecule has 0 saturated heterocycles. The third kappa shape index (κ3) is 2.78. The summed E-state index contributed by atoms with van der Waals surface area (Å²) in [5.41, 5.74) is 0.572. The smallest absolute Gasteiger partial charge is 0.203 e. The number of hydrogen-bond donors (Lipinski definition) is 1. The van der Waals surface area contributed by atoms with E-state index in [1.807, 2.05) is 0 Å². The van der Waals surface area contributed by atoms with Crippen LogP contribution >= 0.6 is 0 Å². The van der Waals surface area contributed by atoms with E-state index in [2.05, 4.69) is 0 Å². The maximum absolute atomic E-state index is 13.8. The molecule has 2 aromatic carbocycles. The standard InChI is InChI=1S/C16H17FO4/c1-19-13-9-8-11(15(20-2)16(13)21-3)14(18)10-6-4-5-7-12(10)17/h4-9,14,18H,1-3H3. The van der Waals surface area contributed by atoms with Crippen LogP contribution in [0.5, 0.6) is 17.2 Å². The Labute approximate surface area is 122 Å². The van der Waals surface area contributed by atoms with Crippen molar-refractivity contribution in [3.8, 4) is 17.2 Å². The zero-order chi connectivity index (χ0) is 15.4. The highest BCUT2D eigenvalue weighted by Crippen LogP contribution is 2.43. The van der Waals surface area contributed by atoms with E-state index in [9.17, 15) is 9.50 Å². The first kappa shape index (κ1) is 15.1. The summed E-state index contributed by atoms with van der Waals surface area (Å²) in [5, 5.41) is 10.5. The average molecular weight is 292 g/mol. The lowest BCUT2D eigenvalue weighted by molar-refractivity contribution is 0.207. The lowest BCUT2D eigenvalue weighted by Crippen LogP contribution is -2.06. The molecule has 1 unspecified atom stereocenters. The van der Waals surface area contributed by atoms with Crippen molar-refractivity contribution in [2.75, 3.05) is 21.3 Å². The normalized spacial score (nSPS) is 11.9. The number of halogens is 1. The second-order valence-electron chi connectivity index (χ2n) is 4.35. The van der Waals surface area contributed by atoms with E-state index >= 15 is 0 Å². The van der Waals surface area contributed by atoms with Crippen molar-refractivity contribution in [3.05, 3.63) is 53.3 Å². The van der Waals surface area contributed by atoms with Gasteiger partial charge in [0.25, 0.3) is 0 Å². The molecule has 0 aliphatic heterocycles. The molecule has 0 spiro atoms. The maximum Gasteiger partial charge on any atom is 0.203 e. The number of hydrogen-bond acceptors (Lipinski definition) is 4. The Kier molecular flexibility index (Phi) is 4.65. The lowest BCUT2D eigenvalue weighted by atomic mass is 9.99. The summed E-state index contributed by atoms with van der Waals surface area (Å²) >= 11 is 0. The summed E-state index contributed by atoms with van der Waals surface area (Å²) in [5.74, 6) is 0.654. The van der Waals surface area contributed by atoms with Gasteiger partial charge in [-0.15, -0.1) is 0 Å². The van der Waals surface area contributed by atoms with Gasteiger partial charge in [0, 0.05) is 11.1 Å². The number of aliphatic hydroxyl groups excluding tert-OH is 1. The molecule has 1 N–H and O–H groups in total. The molecule has 5 heteroatoms. The van der Waals surface area contributed by atoms with Crippen molar-refractivity contribution in [3.63, 3.8) is 0 Å². The Morgan fingerprint density at radius 2 is 1.52 bits per heavy atom. The van der Waals surface area contributed by atoms with Gasteiger partial charge in [0.1, 0.15) is 11.9 Å². The molecule has 0 bridgehead atoms. The number of aliphatic hydroxyl groups is 1. The van der Waals surface area contributed by atoms with Crippen LogP contribution in [-0.2, 0) is 0 Å². The fraction of sp³-hybridized carbons (Fsp3) is 0.250. The average Bonchev–Trinajstić information content (AvgIpc) is 2.52. The number of benzene rings is 2. The molecule has 4 nitrogen and oxygen atoms in total. The molecule has 0 saturated carbocycles. The molecule has 0 heterocycles. The Morgan fingerprint density at radius 3 is 2.10 bits per heavy atom. The third-order valence-electron chi connectivity index (χ3n) is 3.23. The largest absolute Gasteiger partial charge is 0.493 e. The first-order chi connectivity index (χ1) is 10.1. The Morgan fingerprint density at radius 1 is 0.857 bits per heavy atom. The first-order valence-electron chi connectivity index (χ1n) is 6.35. The predicted octanol–water partition coefficient (Wildman–Crippen LogP) is 2.93. The summed E-state index contributed by atoms with van der Waals surface area (Å²) in [4.78, 5) is 0. The van der Waals surface area contributed by atoms with Crippen LogP contribution in [0.4, 0.5) is 4.39 Å².